The van der Waals surface area contributed by atoms with Crippen molar-refractivity contribution in [2.45, 2.75) is 43.9 Å². The van der Waals surface area contributed by atoms with Gasteiger partial charge in [0.25, 0.3) is 5.91 Å². The molecule has 25 heavy (non-hydrogen) atoms. The Bertz CT molecular complexity index is 780. The Labute approximate surface area is 155 Å². The van der Waals surface area contributed by atoms with Crippen molar-refractivity contribution in [2.75, 3.05) is 0 Å². The van der Waals surface area contributed by atoms with E-state index >= 15 is 0 Å². The number of ether oxygens (including phenoxy) is 1. The molecule has 2 atom stereocenters. The Hall–Kier alpha value is -1.85. The van der Waals surface area contributed by atoms with Gasteiger partial charge in [0.05, 0.1) is 11.7 Å². The predicted octanol–water partition coefficient (Wildman–Crippen LogP) is 4.37. The van der Waals surface area contributed by atoms with E-state index < -0.39 is 0 Å². The van der Waals surface area contributed by atoms with E-state index in [1.165, 1.54) is 0 Å². The van der Waals surface area contributed by atoms with Crippen LogP contribution in [-0.2, 0) is 0 Å². The molecule has 0 unspecified atom stereocenters. The fraction of sp³-hybridized carbons (Fsp3) is 0.350. The van der Waals surface area contributed by atoms with Crippen LogP contribution < -0.4 is 4.74 Å². The number of aliphatic hydroxyl groups excluding tert-OH is 1. The van der Waals surface area contributed by atoms with E-state index in [1.54, 1.807) is 0 Å². The van der Waals surface area contributed by atoms with Crippen molar-refractivity contribution >= 4 is 21.8 Å². The fourth-order valence-corrected chi connectivity index (χ4v) is 4.39. The topological polar surface area (TPSA) is 49.8 Å². The van der Waals surface area contributed by atoms with Gasteiger partial charge in [-0.05, 0) is 56.0 Å². The molecule has 2 aliphatic rings. The Morgan fingerprint density at radius 2 is 1.80 bits per heavy atom. The van der Waals surface area contributed by atoms with Crippen LogP contribution in [0.3, 0.4) is 0 Å². The van der Waals surface area contributed by atoms with E-state index in [9.17, 15) is 9.90 Å². The normalized spacial score (nSPS) is 25.0. The van der Waals surface area contributed by atoms with Gasteiger partial charge < -0.3 is 14.7 Å². The highest BCUT2D eigenvalue weighted by Crippen LogP contribution is 2.38. The maximum atomic E-state index is 13.2. The Balaban J connectivity index is 1.62. The van der Waals surface area contributed by atoms with Crippen LogP contribution in [0.4, 0.5) is 0 Å². The molecule has 2 aromatic carbocycles. The van der Waals surface area contributed by atoms with Crippen LogP contribution in [0.5, 0.6) is 11.5 Å². The van der Waals surface area contributed by atoms with Gasteiger partial charge in [0, 0.05) is 16.6 Å². The maximum absolute atomic E-state index is 13.2. The summed E-state index contributed by atoms with van der Waals surface area (Å²) in [5.41, 5.74) is 0.579. The lowest BCUT2D eigenvalue weighted by molar-refractivity contribution is 0.0285. The molecule has 0 radical (unpaired) electrons. The molecular weight excluding hydrogens is 382 g/mol. The lowest BCUT2D eigenvalue weighted by Crippen LogP contribution is -2.48. The molecule has 5 heteroatoms. The van der Waals surface area contributed by atoms with Crippen molar-refractivity contribution in [3.05, 3.63) is 58.6 Å². The van der Waals surface area contributed by atoms with Gasteiger partial charge in [0.15, 0.2) is 0 Å². The number of carbonyl (C=O) groups is 1. The first kappa shape index (κ1) is 16.6. The SMILES string of the molecule is O=C(c1ccccc1Oc1cccc(Br)c1)N1[C@H]2CC[C@H]1CC(O)C2. The third kappa shape index (κ3) is 3.31. The van der Waals surface area contributed by atoms with Crippen molar-refractivity contribution in [3.8, 4) is 11.5 Å². The highest BCUT2D eigenvalue weighted by Gasteiger charge is 2.43. The van der Waals surface area contributed by atoms with E-state index in [-0.39, 0.29) is 24.1 Å². The zero-order valence-corrected chi connectivity index (χ0v) is 15.4. The minimum Gasteiger partial charge on any atom is -0.456 e. The van der Waals surface area contributed by atoms with E-state index in [4.69, 9.17) is 4.74 Å². The fourth-order valence-electron chi connectivity index (χ4n) is 4.01. The van der Waals surface area contributed by atoms with Crippen molar-refractivity contribution < 1.29 is 14.6 Å². The first-order valence-electron chi connectivity index (χ1n) is 8.65. The lowest BCUT2D eigenvalue weighted by Gasteiger charge is -2.37. The molecule has 2 bridgehead atoms. The molecule has 4 nitrogen and oxygen atoms in total. The second kappa shape index (κ2) is 6.81. The van der Waals surface area contributed by atoms with Crippen molar-refractivity contribution in [1.29, 1.82) is 0 Å². The Morgan fingerprint density at radius 1 is 1.08 bits per heavy atom. The number of benzene rings is 2. The van der Waals surface area contributed by atoms with Crippen LogP contribution in [0.2, 0.25) is 0 Å². The first-order valence-corrected chi connectivity index (χ1v) is 9.44. The monoisotopic (exact) mass is 401 g/mol. The molecule has 0 spiro atoms. The number of aliphatic hydroxyl groups is 1. The van der Waals surface area contributed by atoms with Crippen LogP contribution in [0.15, 0.2) is 53.0 Å². The van der Waals surface area contributed by atoms with Crippen molar-refractivity contribution in [1.82, 2.24) is 4.90 Å². The molecule has 0 saturated carbocycles. The zero-order valence-electron chi connectivity index (χ0n) is 13.8. The molecule has 2 aliphatic heterocycles. The number of para-hydroxylation sites is 1. The molecule has 0 aliphatic carbocycles. The summed E-state index contributed by atoms with van der Waals surface area (Å²) in [6, 6.07) is 15.2. The molecule has 1 N–H and O–H groups in total. The second-order valence-electron chi connectivity index (χ2n) is 6.78. The molecule has 2 aromatic rings. The van der Waals surface area contributed by atoms with Crippen LogP contribution in [0, 0.1) is 0 Å². The van der Waals surface area contributed by atoms with Crippen LogP contribution in [-0.4, -0.2) is 34.1 Å². The number of nitrogens with zero attached hydrogens (tertiary/aromatic N) is 1. The summed E-state index contributed by atoms with van der Waals surface area (Å²) < 4.78 is 6.92. The van der Waals surface area contributed by atoms with Crippen molar-refractivity contribution in [2.24, 2.45) is 0 Å². The number of hydrogen-bond acceptors (Lipinski definition) is 3. The minimum atomic E-state index is -0.283. The third-order valence-electron chi connectivity index (χ3n) is 5.08. The average molecular weight is 402 g/mol. The molecule has 130 valence electrons. The largest absolute Gasteiger partial charge is 0.456 e. The van der Waals surface area contributed by atoms with E-state index in [0.29, 0.717) is 29.9 Å². The molecule has 4 rings (SSSR count). The maximum Gasteiger partial charge on any atom is 0.258 e. The number of piperidine rings is 1. The van der Waals surface area contributed by atoms with Crippen LogP contribution in [0.1, 0.15) is 36.0 Å². The smallest absolute Gasteiger partial charge is 0.258 e. The standard InChI is InChI=1S/C20H20BrNO3/c21-13-4-3-5-17(10-13)25-19-7-2-1-6-18(19)20(24)22-14-8-9-15(22)12-16(23)11-14/h1-7,10,14-16,23H,8-9,11-12H2/t14-,15-/m0/s1. The van der Waals surface area contributed by atoms with E-state index in [0.717, 1.165) is 17.3 Å². The van der Waals surface area contributed by atoms with Gasteiger partial charge in [-0.1, -0.05) is 34.1 Å². The van der Waals surface area contributed by atoms with Gasteiger partial charge in [0.2, 0.25) is 0 Å². The molecule has 2 heterocycles. The van der Waals surface area contributed by atoms with Gasteiger partial charge in [-0.15, -0.1) is 0 Å². The molecule has 0 aromatic heterocycles. The van der Waals surface area contributed by atoms with Crippen molar-refractivity contribution in [3.63, 3.8) is 0 Å². The number of halogens is 1. The summed E-state index contributed by atoms with van der Waals surface area (Å²) in [6.07, 6.45) is 3.02. The van der Waals surface area contributed by atoms with E-state index in [2.05, 4.69) is 15.9 Å². The summed E-state index contributed by atoms with van der Waals surface area (Å²) in [7, 11) is 0. The number of amides is 1. The molecular formula is C20H20BrNO3. The van der Waals surface area contributed by atoms with Crippen LogP contribution >= 0.6 is 15.9 Å². The molecule has 2 fully saturated rings. The van der Waals surface area contributed by atoms with Gasteiger partial charge >= 0.3 is 0 Å². The number of hydrogen-bond donors (Lipinski definition) is 1. The summed E-state index contributed by atoms with van der Waals surface area (Å²) in [5.74, 6) is 1.26. The van der Waals surface area contributed by atoms with Gasteiger partial charge in [-0.3, -0.25) is 4.79 Å². The number of rotatable bonds is 3. The van der Waals surface area contributed by atoms with Gasteiger partial charge in [-0.2, -0.15) is 0 Å². The lowest BCUT2D eigenvalue weighted by atomic mass is 9.98. The second-order valence-corrected chi connectivity index (χ2v) is 7.69. The predicted molar refractivity (Wildman–Crippen MR) is 98.9 cm³/mol. The zero-order chi connectivity index (χ0) is 17.4. The molecule has 2 saturated heterocycles. The van der Waals surface area contributed by atoms with Crippen LogP contribution in [0.25, 0.3) is 0 Å². The quantitative estimate of drug-likeness (QED) is 0.830. The van der Waals surface area contributed by atoms with E-state index in [1.807, 2.05) is 53.4 Å². The highest BCUT2D eigenvalue weighted by molar-refractivity contribution is 9.10. The molecule has 1 amide bonds. The minimum absolute atomic E-state index is 0.00463. The summed E-state index contributed by atoms with van der Waals surface area (Å²) in [6.45, 7) is 0. The van der Waals surface area contributed by atoms with Gasteiger partial charge in [0.1, 0.15) is 11.5 Å². The third-order valence-corrected chi connectivity index (χ3v) is 5.58. The summed E-state index contributed by atoms with van der Waals surface area (Å²) in [4.78, 5) is 15.2. The average Bonchev–Trinajstić information content (AvgIpc) is 2.86. The van der Waals surface area contributed by atoms with Gasteiger partial charge in [-0.25, -0.2) is 0 Å². The summed E-state index contributed by atoms with van der Waals surface area (Å²) >= 11 is 3.44. The summed E-state index contributed by atoms with van der Waals surface area (Å²) in [5, 5.41) is 9.97. The number of carbonyl (C=O) groups excluding carboxylic acids is 1. The number of fused-ring (bicyclic) bond motifs is 2. The Morgan fingerprint density at radius 3 is 2.52 bits per heavy atom. The first-order chi connectivity index (χ1) is 12.1. The highest BCUT2D eigenvalue weighted by atomic mass is 79.9. The Kier molecular flexibility index (Phi) is 4.52.